The lowest BCUT2D eigenvalue weighted by molar-refractivity contribution is 0.0734. The van der Waals surface area contributed by atoms with Gasteiger partial charge in [-0.2, -0.15) is 0 Å². The summed E-state index contributed by atoms with van der Waals surface area (Å²) >= 11 is 3.51. The van der Waals surface area contributed by atoms with Crippen LogP contribution in [0.25, 0.3) is 10.9 Å². The van der Waals surface area contributed by atoms with E-state index in [9.17, 15) is 5.11 Å². The Morgan fingerprint density at radius 1 is 1.07 bits per heavy atom. The van der Waals surface area contributed by atoms with Crippen LogP contribution in [0, 0.1) is 0 Å². The number of aromatic amines is 1. The van der Waals surface area contributed by atoms with E-state index in [2.05, 4.69) is 82.1 Å². The van der Waals surface area contributed by atoms with Crippen molar-refractivity contribution in [1.29, 1.82) is 0 Å². The van der Waals surface area contributed by atoms with Gasteiger partial charge < -0.3 is 10.1 Å². The number of hydrogen-bond donors (Lipinski definition) is 2. The third kappa shape index (κ3) is 4.81. The van der Waals surface area contributed by atoms with Crippen molar-refractivity contribution in [3.05, 3.63) is 69.8 Å². The predicted molar refractivity (Wildman–Crippen MR) is 117 cm³/mol. The van der Waals surface area contributed by atoms with Gasteiger partial charge in [-0.15, -0.1) is 0 Å². The minimum Gasteiger partial charge on any atom is -0.384 e. The first kappa shape index (κ1) is 20.1. The molecule has 2 N–H and O–H groups in total. The molecule has 0 radical (unpaired) electrons. The van der Waals surface area contributed by atoms with Gasteiger partial charge in [0.25, 0.3) is 0 Å². The molecule has 0 aliphatic carbocycles. The van der Waals surface area contributed by atoms with Crippen molar-refractivity contribution in [2.75, 3.05) is 6.54 Å². The third-order valence-electron chi connectivity index (χ3n) is 5.10. The Morgan fingerprint density at radius 3 is 2.37 bits per heavy atom. The fraction of sp³-hybridized carbons (Fsp3) is 0.391. The zero-order valence-corrected chi connectivity index (χ0v) is 18.2. The van der Waals surface area contributed by atoms with Crippen LogP contribution in [0.1, 0.15) is 44.5 Å². The van der Waals surface area contributed by atoms with Gasteiger partial charge in [-0.1, -0.05) is 46.3 Å². The molecular weight excluding hydrogens is 400 g/mol. The van der Waals surface area contributed by atoms with Gasteiger partial charge in [-0.05, 0) is 63.4 Å². The lowest BCUT2D eigenvalue weighted by atomic mass is 9.97. The van der Waals surface area contributed by atoms with Crippen LogP contribution in [-0.2, 0) is 18.6 Å². The molecule has 2 aromatic carbocycles. The molecule has 0 aliphatic heterocycles. The Morgan fingerprint density at radius 2 is 1.74 bits per heavy atom. The van der Waals surface area contributed by atoms with Crippen molar-refractivity contribution in [3.63, 3.8) is 0 Å². The highest BCUT2D eigenvalue weighted by atomic mass is 79.9. The zero-order chi connectivity index (χ0) is 19.6. The Hall–Kier alpha value is -1.62. The summed E-state index contributed by atoms with van der Waals surface area (Å²) in [5, 5.41) is 11.9. The average molecular weight is 429 g/mol. The molecule has 144 valence electrons. The van der Waals surface area contributed by atoms with E-state index in [1.165, 1.54) is 16.5 Å². The van der Waals surface area contributed by atoms with Gasteiger partial charge in [0.15, 0.2) is 0 Å². The molecule has 4 heteroatoms. The van der Waals surface area contributed by atoms with E-state index >= 15 is 0 Å². The molecule has 0 saturated heterocycles. The molecule has 0 fully saturated rings. The summed E-state index contributed by atoms with van der Waals surface area (Å²) in [5.41, 5.74) is 3.67. The minimum atomic E-state index is -0.886. The van der Waals surface area contributed by atoms with Crippen LogP contribution in [0.5, 0.6) is 0 Å². The number of para-hydroxylation sites is 1. The van der Waals surface area contributed by atoms with Crippen molar-refractivity contribution in [2.45, 2.75) is 52.3 Å². The lowest BCUT2D eigenvalue weighted by Crippen LogP contribution is -2.32. The Balaban J connectivity index is 1.84. The average Bonchev–Trinajstić information content (AvgIpc) is 2.99. The molecule has 0 unspecified atom stereocenters. The van der Waals surface area contributed by atoms with Gasteiger partial charge in [0, 0.05) is 34.5 Å². The van der Waals surface area contributed by atoms with Crippen molar-refractivity contribution in [2.24, 2.45) is 0 Å². The Kier molecular flexibility index (Phi) is 6.09. The van der Waals surface area contributed by atoms with E-state index in [4.69, 9.17) is 0 Å². The summed E-state index contributed by atoms with van der Waals surface area (Å²) in [7, 11) is 0. The molecule has 0 bridgehead atoms. The van der Waals surface area contributed by atoms with Gasteiger partial charge in [0.05, 0.1) is 11.3 Å². The van der Waals surface area contributed by atoms with Crippen LogP contribution in [0.4, 0.5) is 0 Å². The van der Waals surface area contributed by atoms with Gasteiger partial charge in [-0.3, -0.25) is 4.90 Å². The molecule has 0 spiro atoms. The molecule has 0 amide bonds. The topological polar surface area (TPSA) is 39.3 Å². The van der Waals surface area contributed by atoms with E-state index in [1.807, 2.05) is 19.9 Å². The van der Waals surface area contributed by atoms with Crippen LogP contribution in [0.15, 0.2) is 53.0 Å². The second-order valence-corrected chi connectivity index (χ2v) is 8.94. The molecule has 27 heavy (non-hydrogen) atoms. The summed E-state index contributed by atoms with van der Waals surface area (Å²) in [6.07, 6.45) is 0.901. The second kappa shape index (κ2) is 8.17. The van der Waals surface area contributed by atoms with E-state index in [0.29, 0.717) is 6.04 Å². The minimum absolute atomic E-state index is 0.449. The fourth-order valence-corrected chi connectivity index (χ4v) is 3.85. The number of H-pyrrole nitrogens is 1. The number of hydrogen-bond acceptors (Lipinski definition) is 2. The van der Waals surface area contributed by atoms with Crippen molar-refractivity contribution >= 4 is 26.8 Å². The number of aromatic nitrogens is 1. The maximum atomic E-state index is 10.7. The van der Waals surface area contributed by atoms with Crippen LogP contribution < -0.4 is 0 Å². The summed E-state index contributed by atoms with van der Waals surface area (Å²) in [6, 6.07) is 17.3. The van der Waals surface area contributed by atoms with Crippen LogP contribution in [0.2, 0.25) is 0 Å². The van der Waals surface area contributed by atoms with Gasteiger partial charge in [0.1, 0.15) is 0 Å². The van der Waals surface area contributed by atoms with Gasteiger partial charge >= 0.3 is 0 Å². The van der Waals surface area contributed by atoms with E-state index in [1.54, 1.807) is 0 Å². The number of rotatable bonds is 7. The van der Waals surface area contributed by atoms with E-state index in [-0.39, 0.29) is 0 Å². The van der Waals surface area contributed by atoms with Crippen LogP contribution in [0.3, 0.4) is 0 Å². The maximum Gasteiger partial charge on any atom is 0.0990 e. The highest BCUT2D eigenvalue weighted by Crippen LogP contribution is 2.30. The zero-order valence-electron chi connectivity index (χ0n) is 16.6. The first-order chi connectivity index (χ1) is 12.8. The molecule has 1 heterocycles. The number of fused-ring (bicyclic) bond motifs is 1. The molecule has 0 atom stereocenters. The number of benzene rings is 2. The normalized spacial score (nSPS) is 12.4. The summed E-state index contributed by atoms with van der Waals surface area (Å²) in [5.74, 6) is 0. The summed E-state index contributed by atoms with van der Waals surface area (Å²) < 4.78 is 1.11. The quantitative estimate of drug-likeness (QED) is 0.512. The molecule has 1 aromatic heterocycles. The van der Waals surface area contributed by atoms with Gasteiger partial charge in [0.2, 0.25) is 0 Å². The first-order valence-corrected chi connectivity index (χ1v) is 10.4. The van der Waals surface area contributed by atoms with Crippen molar-refractivity contribution in [3.8, 4) is 0 Å². The standard InChI is InChI=1S/C23H29BrN2O/c1-16(2)26(15-17-9-11-18(24)12-10-17)14-13-20-19-7-5-6-8-21(19)25-22(20)23(3,4)27/h5-12,16,25,27H,13-15H2,1-4H3. The SMILES string of the molecule is CC(C)N(CCc1c(C(C)(C)O)[nH]c2ccccc12)Cc1ccc(Br)cc1. The summed E-state index contributed by atoms with van der Waals surface area (Å²) in [6.45, 7) is 10.0. The summed E-state index contributed by atoms with van der Waals surface area (Å²) in [4.78, 5) is 5.92. The smallest absolute Gasteiger partial charge is 0.0990 e. The second-order valence-electron chi connectivity index (χ2n) is 8.02. The number of nitrogens with zero attached hydrogens (tertiary/aromatic N) is 1. The molecule has 0 saturated carbocycles. The highest BCUT2D eigenvalue weighted by molar-refractivity contribution is 9.10. The van der Waals surface area contributed by atoms with E-state index < -0.39 is 5.60 Å². The Labute approximate surface area is 170 Å². The molecular formula is C23H29BrN2O. The highest BCUT2D eigenvalue weighted by Gasteiger charge is 2.24. The monoisotopic (exact) mass is 428 g/mol. The van der Waals surface area contributed by atoms with Crippen molar-refractivity contribution in [1.82, 2.24) is 9.88 Å². The molecule has 3 rings (SSSR count). The van der Waals surface area contributed by atoms with Crippen LogP contribution >= 0.6 is 15.9 Å². The third-order valence-corrected chi connectivity index (χ3v) is 5.63. The first-order valence-electron chi connectivity index (χ1n) is 9.56. The lowest BCUT2D eigenvalue weighted by Gasteiger charge is -2.27. The molecule has 3 aromatic rings. The van der Waals surface area contributed by atoms with E-state index in [0.717, 1.165) is 35.2 Å². The van der Waals surface area contributed by atoms with Crippen molar-refractivity contribution < 1.29 is 5.11 Å². The molecule has 0 aliphatic rings. The fourth-order valence-electron chi connectivity index (χ4n) is 3.58. The molecule has 3 nitrogen and oxygen atoms in total. The number of nitrogens with one attached hydrogen (secondary N) is 1. The van der Waals surface area contributed by atoms with Crippen LogP contribution in [-0.4, -0.2) is 27.6 Å². The Bertz CT molecular complexity index is 891. The predicted octanol–water partition coefficient (Wildman–Crippen LogP) is 5.61. The number of halogens is 1. The van der Waals surface area contributed by atoms with Gasteiger partial charge in [-0.25, -0.2) is 0 Å². The number of aliphatic hydroxyl groups is 1. The largest absolute Gasteiger partial charge is 0.384 e. The maximum absolute atomic E-state index is 10.7.